The first-order chi connectivity index (χ1) is 38.8. The van der Waals surface area contributed by atoms with Gasteiger partial charge in [-0.2, -0.15) is 0 Å². The number of ether oxygens (including phenoxy) is 20. The Bertz CT molecular complexity index is 1300. The van der Waals surface area contributed by atoms with Gasteiger partial charge in [-0.15, -0.1) is 0 Å². The molecule has 0 aromatic carbocycles. The minimum absolute atomic E-state index is 0.0127. The highest BCUT2D eigenvalue weighted by Crippen LogP contribution is 2.10. The van der Waals surface area contributed by atoms with Crippen LogP contribution in [0.25, 0.3) is 0 Å². The number of aliphatic hydroxyl groups is 1. The van der Waals surface area contributed by atoms with Crippen molar-refractivity contribution in [2.75, 3.05) is 139 Å². The SMILES string of the molecule is COC(C)COC(C)COC(C)COC(C)COC(C)COC(C)COC(C)COC(C)COC(C)COC(C)COC(C)COC(C)COC(C)COC(C)COC(C)COC(C)COC(C)COC(C)COC(C)COC(C)CO. The lowest BCUT2D eigenvalue weighted by atomic mass is 10.3. The highest BCUT2D eigenvalue weighted by Gasteiger charge is 2.19. The van der Waals surface area contributed by atoms with E-state index in [1.54, 1.807) is 7.11 Å². The number of methoxy groups -OCH3 is 1. The molecular formula is C61H124O21. The maximum absolute atomic E-state index is 9.09. The van der Waals surface area contributed by atoms with Gasteiger partial charge in [0, 0.05) is 7.11 Å². The smallest absolute Gasteiger partial charge is 0.0781 e. The molecule has 0 aromatic rings. The maximum atomic E-state index is 9.09. The van der Waals surface area contributed by atoms with Gasteiger partial charge in [-0.05, 0) is 138 Å². The summed E-state index contributed by atoms with van der Waals surface area (Å²) in [4.78, 5) is 0. The molecule has 1 N–H and O–H groups in total. The molecule has 20 atom stereocenters. The highest BCUT2D eigenvalue weighted by atomic mass is 16.6. The molecule has 0 spiro atoms. The molecule has 21 nitrogen and oxygen atoms in total. The zero-order valence-electron chi connectivity index (χ0n) is 55.3. The monoisotopic (exact) mass is 1190 g/mol. The van der Waals surface area contributed by atoms with E-state index in [-0.39, 0.29) is 129 Å². The fourth-order valence-corrected chi connectivity index (χ4v) is 6.68. The molecule has 0 rings (SSSR count). The van der Waals surface area contributed by atoms with E-state index < -0.39 is 0 Å². The largest absolute Gasteiger partial charge is 0.394 e. The summed E-state index contributed by atoms with van der Waals surface area (Å²) in [5.74, 6) is 0. The highest BCUT2D eigenvalue weighted by molar-refractivity contribution is 4.64. The summed E-state index contributed by atoms with van der Waals surface area (Å²) in [6.07, 6.45) is -1.91. The molecule has 0 heterocycles. The molecule has 0 fully saturated rings. The van der Waals surface area contributed by atoms with Crippen LogP contribution in [0.5, 0.6) is 0 Å². The molecule has 20 unspecified atom stereocenters. The van der Waals surface area contributed by atoms with Gasteiger partial charge in [0.15, 0.2) is 0 Å². The Morgan fingerprint density at radius 2 is 0.244 bits per heavy atom. The van der Waals surface area contributed by atoms with Crippen molar-refractivity contribution < 1.29 is 99.8 Å². The Morgan fingerprint density at radius 1 is 0.159 bits per heavy atom. The summed E-state index contributed by atoms with van der Waals surface area (Å²) in [6, 6.07) is 0. The third-order valence-electron chi connectivity index (χ3n) is 12.4. The minimum Gasteiger partial charge on any atom is -0.394 e. The molecule has 0 aliphatic rings. The summed E-state index contributed by atoms with van der Waals surface area (Å²) < 4.78 is 118. The average Bonchev–Trinajstić information content (AvgIpc) is 3.46. The second-order valence-corrected chi connectivity index (χ2v) is 23.0. The predicted molar refractivity (Wildman–Crippen MR) is 316 cm³/mol. The molecule has 82 heavy (non-hydrogen) atoms. The Labute approximate surface area is 498 Å². The van der Waals surface area contributed by atoms with Gasteiger partial charge < -0.3 is 99.8 Å². The fraction of sp³-hybridized carbons (Fsp3) is 1.00. The van der Waals surface area contributed by atoms with Crippen LogP contribution in [-0.4, -0.2) is 266 Å². The number of aliphatic hydroxyl groups excluding tert-OH is 1. The lowest BCUT2D eigenvalue weighted by molar-refractivity contribution is -0.117. The first kappa shape index (κ1) is 81.2. The zero-order valence-corrected chi connectivity index (χ0v) is 55.3. The normalized spacial score (nSPS) is 19.8. The van der Waals surface area contributed by atoms with Gasteiger partial charge in [0.25, 0.3) is 0 Å². The molecule has 0 aromatic heterocycles. The van der Waals surface area contributed by atoms with E-state index in [2.05, 4.69) is 0 Å². The minimum atomic E-state index is -0.205. The molecule has 0 aliphatic heterocycles. The Hall–Kier alpha value is -0.840. The molecule has 0 aliphatic carbocycles. The maximum Gasteiger partial charge on any atom is 0.0781 e. The second kappa shape index (κ2) is 51.1. The Kier molecular flexibility index (Phi) is 50.6. The van der Waals surface area contributed by atoms with Crippen LogP contribution >= 0.6 is 0 Å². The average molecular weight is 1190 g/mol. The molecule has 21 heteroatoms. The lowest BCUT2D eigenvalue weighted by Gasteiger charge is -2.24. The van der Waals surface area contributed by atoms with Crippen LogP contribution in [-0.2, 0) is 94.7 Å². The van der Waals surface area contributed by atoms with Gasteiger partial charge in [0.2, 0.25) is 0 Å². The van der Waals surface area contributed by atoms with E-state index in [1.807, 2.05) is 138 Å². The van der Waals surface area contributed by atoms with Gasteiger partial charge in [-0.3, -0.25) is 0 Å². The van der Waals surface area contributed by atoms with E-state index in [0.29, 0.717) is 126 Å². The van der Waals surface area contributed by atoms with E-state index >= 15 is 0 Å². The summed E-state index contributed by atoms with van der Waals surface area (Å²) in [5.41, 5.74) is 0. The summed E-state index contributed by atoms with van der Waals surface area (Å²) in [7, 11) is 1.67. The Balaban J connectivity index is 4.03. The number of rotatable bonds is 59. The molecular weight excluding hydrogens is 1070 g/mol. The first-order valence-corrected chi connectivity index (χ1v) is 30.6. The quantitative estimate of drug-likeness (QED) is 0.0619. The van der Waals surface area contributed by atoms with Gasteiger partial charge in [-0.1, -0.05) is 0 Å². The lowest BCUT2D eigenvalue weighted by Crippen LogP contribution is -2.31. The summed E-state index contributed by atoms with van der Waals surface area (Å²) in [5, 5.41) is 9.09. The van der Waals surface area contributed by atoms with E-state index in [4.69, 9.17) is 99.8 Å². The molecule has 0 saturated heterocycles. The topological polar surface area (TPSA) is 205 Å². The third kappa shape index (κ3) is 50.2. The van der Waals surface area contributed by atoms with Crippen LogP contribution in [0.15, 0.2) is 0 Å². The van der Waals surface area contributed by atoms with Crippen LogP contribution in [0.3, 0.4) is 0 Å². The molecule has 0 amide bonds. The van der Waals surface area contributed by atoms with Crippen molar-refractivity contribution in [3.05, 3.63) is 0 Å². The second-order valence-electron chi connectivity index (χ2n) is 23.0. The van der Waals surface area contributed by atoms with Crippen LogP contribution in [0.4, 0.5) is 0 Å². The van der Waals surface area contributed by atoms with Crippen molar-refractivity contribution in [2.45, 2.75) is 261 Å². The van der Waals surface area contributed by atoms with E-state index in [1.165, 1.54) is 0 Å². The van der Waals surface area contributed by atoms with Crippen molar-refractivity contribution in [2.24, 2.45) is 0 Å². The van der Waals surface area contributed by atoms with Gasteiger partial charge in [-0.25, -0.2) is 0 Å². The molecule has 494 valence electrons. The van der Waals surface area contributed by atoms with Crippen LogP contribution in [0.1, 0.15) is 138 Å². The van der Waals surface area contributed by atoms with Crippen molar-refractivity contribution in [3.8, 4) is 0 Å². The molecule has 0 radical (unpaired) electrons. The number of hydrogen-bond donors (Lipinski definition) is 1. The van der Waals surface area contributed by atoms with Crippen molar-refractivity contribution in [3.63, 3.8) is 0 Å². The predicted octanol–water partition coefficient (Wildman–Crippen LogP) is 7.71. The third-order valence-corrected chi connectivity index (χ3v) is 12.4. The van der Waals surface area contributed by atoms with Crippen LogP contribution in [0.2, 0.25) is 0 Å². The van der Waals surface area contributed by atoms with Gasteiger partial charge in [0.1, 0.15) is 0 Å². The molecule has 0 saturated carbocycles. The van der Waals surface area contributed by atoms with Crippen molar-refractivity contribution in [1.29, 1.82) is 0 Å². The number of hydrogen-bond acceptors (Lipinski definition) is 21. The zero-order chi connectivity index (χ0) is 61.8. The van der Waals surface area contributed by atoms with Crippen LogP contribution < -0.4 is 0 Å². The fourth-order valence-electron chi connectivity index (χ4n) is 6.68. The van der Waals surface area contributed by atoms with E-state index in [9.17, 15) is 0 Å². The van der Waals surface area contributed by atoms with Gasteiger partial charge >= 0.3 is 0 Å². The van der Waals surface area contributed by atoms with Gasteiger partial charge in [0.05, 0.1) is 254 Å². The van der Waals surface area contributed by atoms with Crippen molar-refractivity contribution in [1.82, 2.24) is 0 Å². The summed E-state index contributed by atoms with van der Waals surface area (Å²) >= 11 is 0. The van der Waals surface area contributed by atoms with Crippen molar-refractivity contribution >= 4 is 0 Å². The Morgan fingerprint density at radius 3 is 0.329 bits per heavy atom. The van der Waals surface area contributed by atoms with E-state index in [0.717, 1.165) is 0 Å². The van der Waals surface area contributed by atoms with Crippen LogP contribution in [0, 0.1) is 0 Å². The first-order valence-electron chi connectivity index (χ1n) is 30.6. The standard InChI is InChI=1S/C61H124O21/c1-42(22-62)64-24-44(3)66-26-46(5)68-28-48(7)70-30-50(9)72-32-52(11)74-34-54(13)76-36-56(15)78-38-58(17)80-40-60(19)82-41-61(20)81-39-59(18)79-37-57(16)77-35-55(14)75-33-53(12)73-31-51(10)71-29-49(8)69-27-47(6)67-25-45(4)65-23-43(2)63-21/h42-62H,22-41H2,1-21H3. The summed E-state index contributed by atoms with van der Waals surface area (Å²) in [6.45, 7) is 48.0. The molecule has 0 bridgehead atoms.